The zero-order valence-electron chi connectivity index (χ0n) is 14.5. The highest BCUT2D eigenvalue weighted by Crippen LogP contribution is 2.30. The Labute approximate surface area is 165 Å². The molecule has 0 saturated carbocycles. The van der Waals surface area contributed by atoms with Crippen molar-refractivity contribution in [1.82, 2.24) is 14.8 Å². The number of nitrogens with zero attached hydrogens (tertiary/aromatic N) is 3. The zero-order valence-corrected chi connectivity index (χ0v) is 16.9. The number of hydrogen-bond acceptors (Lipinski definition) is 4. The maximum atomic E-state index is 13.0. The Morgan fingerprint density at radius 3 is 2.42 bits per heavy atom. The number of piperazine rings is 1. The van der Waals surface area contributed by atoms with Gasteiger partial charge < -0.3 is 9.80 Å². The van der Waals surface area contributed by atoms with E-state index in [4.69, 9.17) is 0 Å². The first-order chi connectivity index (χ1) is 12.6. The molecule has 0 unspecified atom stereocenters. The lowest BCUT2D eigenvalue weighted by Gasteiger charge is -2.35. The fourth-order valence-electron chi connectivity index (χ4n) is 2.82. The molecule has 0 spiro atoms. The first-order valence-corrected chi connectivity index (χ1v) is 10.1. The van der Waals surface area contributed by atoms with Crippen LogP contribution in [-0.2, 0) is 4.79 Å². The van der Waals surface area contributed by atoms with E-state index in [1.54, 1.807) is 6.20 Å². The molecule has 1 aromatic carbocycles. The largest absolute Gasteiger partial charge is 0.339 e. The van der Waals surface area contributed by atoms with Gasteiger partial charge in [-0.15, -0.1) is 0 Å². The summed E-state index contributed by atoms with van der Waals surface area (Å²) >= 11 is 4.86. The molecule has 0 bridgehead atoms. The monoisotopic (exact) mass is 433 g/mol. The summed E-state index contributed by atoms with van der Waals surface area (Å²) in [5.74, 6) is 0.156. The Kier molecular flexibility index (Phi) is 6.32. The average Bonchev–Trinajstić information content (AvgIpc) is 2.69. The second-order valence-electron chi connectivity index (χ2n) is 5.94. The zero-order chi connectivity index (χ0) is 18.5. The minimum absolute atomic E-state index is 0.00816. The maximum Gasteiger partial charge on any atom is 0.255 e. The third-order valence-corrected chi connectivity index (χ3v) is 5.75. The summed E-state index contributed by atoms with van der Waals surface area (Å²) in [5.41, 5.74) is 0.678. The molecule has 0 N–H and O–H groups in total. The smallest absolute Gasteiger partial charge is 0.255 e. The Hall–Kier alpha value is -1.86. The molecular formula is C19H20BrN3O2S. The van der Waals surface area contributed by atoms with Gasteiger partial charge in [0.05, 0.1) is 5.56 Å². The van der Waals surface area contributed by atoms with E-state index in [-0.39, 0.29) is 11.8 Å². The van der Waals surface area contributed by atoms with Crippen molar-refractivity contribution in [2.24, 2.45) is 0 Å². The highest BCUT2D eigenvalue weighted by Gasteiger charge is 2.25. The van der Waals surface area contributed by atoms with E-state index in [1.807, 2.05) is 53.1 Å². The van der Waals surface area contributed by atoms with Crippen LogP contribution in [0.3, 0.4) is 0 Å². The average molecular weight is 434 g/mol. The lowest BCUT2D eigenvalue weighted by molar-refractivity contribution is -0.132. The van der Waals surface area contributed by atoms with Crippen LogP contribution in [0, 0.1) is 0 Å². The molecule has 0 aliphatic carbocycles. The Bertz CT molecular complexity index is 790. The Balaban J connectivity index is 1.72. The summed E-state index contributed by atoms with van der Waals surface area (Å²) in [5, 5.41) is 0.840. The lowest BCUT2D eigenvalue weighted by Crippen LogP contribution is -2.50. The lowest BCUT2D eigenvalue weighted by atomic mass is 10.1. The Morgan fingerprint density at radius 1 is 1.08 bits per heavy atom. The fourth-order valence-corrected chi connectivity index (χ4v) is 3.93. The van der Waals surface area contributed by atoms with Crippen LogP contribution in [0.1, 0.15) is 23.7 Å². The number of carbonyl (C=O) groups is 2. The fraction of sp³-hybridized carbons (Fsp3) is 0.316. The number of halogens is 1. The first-order valence-electron chi connectivity index (χ1n) is 8.54. The van der Waals surface area contributed by atoms with Crippen molar-refractivity contribution in [3.8, 4) is 0 Å². The molecule has 7 heteroatoms. The molecule has 1 aliphatic heterocycles. The molecule has 5 nitrogen and oxygen atoms in total. The van der Waals surface area contributed by atoms with Gasteiger partial charge in [-0.1, -0.05) is 30.8 Å². The van der Waals surface area contributed by atoms with Gasteiger partial charge in [0.15, 0.2) is 0 Å². The molecule has 1 aromatic heterocycles. The molecular weight excluding hydrogens is 414 g/mol. The molecule has 0 atom stereocenters. The number of aromatic nitrogens is 1. The highest BCUT2D eigenvalue weighted by molar-refractivity contribution is 9.10. The molecule has 3 rings (SSSR count). The van der Waals surface area contributed by atoms with Crippen molar-refractivity contribution in [2.75, 3.05) is 26.2 Å². The van der Waals surface area contributed by atoms with Crippen LogP contribution in [0.25, 0.3) is 0 Å². The van der Waals surface area contributed by atoms with Gasteiger partial charge in [0, 0.05) is 48.2 Å². The van der Waals surface area contributed by atoms with Crippen molar-refractivity contribution in [3.63, 3.8) is 0 Å². The van der Waals surface area contributed by atoms with Crippen LogP contribution in [0.5, 0.6) is 0 Å². The minimum atomic E-state index is 0.00816. The van der Waals surface area contributed by atoms with E-state index in [0.717, 1.165) is 14.4 Å². The second-order valence-corrected chi connectivity index (χ2v) is 7.92. The van der Waals surface area contributed by atoms with E-state index in [9.17, 15) is 9.59 Å². The van der Waals surface area contributed by atoms with E-state index in [0.29, 0.717) is 38.2 Å². The van der Waals surface area contributed by atoms with Crippen molar-refractivity contribution >= 4 is 39.5 Å². The third kappa shape index (κ3) is 4.45. The van der Waals surface area contributed by atoms with Gasteiger partial charge in [-0.3, -0.25) is 9.59 Å². The summed E-state index contributed by atoms with van der Waals surface area (Å²) in [6, 6.07) is 11.5. The third-order valence-electron chi connectivity index (χ3n) is 4.25. The molecule has 136 valence electrons. The predicted molar refractivity (Wildman–Crippen MR) is 105 cm³/mol. The van der Waals surface area contributed by atoms with Crippen molar-refractivity contribution in [3.05, 3.63) is 52.6 Å². The molecule has 2 amide bonds. The summed E-state index contributed by atoms with van der Waals surface area (Å²) in [7, 11) is 0. The van der Waals surface area contributed by atoms with Gasteiger partial charge in [-0.05, 0) is 40.2 Å². The first kappa shape index (κ1) is 18.9. The number of pyridine rings is 1. The van der Waals surface area contributed by atoms with Crippen LogP contribution in [0.4, 0.5) is 0 Å². The highest BCUT2D eigenvalue weighted by atomic mass is 79.9. The maximum absolute atomic E-state index is 13.0. The van der Waals surface area contributed by atoms with Gasteiger partial charge in [-0.2, -0.15) is 0 Å². The number of rotatable bonds is 4. The topological polar surface area (TPSA) is 53.5 Å². The van der Waals surface area contributed by atoms with Gasteiger partial charge >= 0.3 is 0 Å². The van der Waals surface area contributed by atoms with Crippen LogP contribution >= 0.6 is 27.7 Å². The number of carbonyl (C=O) groups excluding carboxylic acids is 2. The molecule has 1 saturated heterocycles. The van der Waals surface area contributed by atoms with Crippen molar-refractivity contribution in [1.29, 1.82) is 0 Å². The van der Waals surface area contributed by atoms with Gasteiger partial charge in [0.1, 0.15) is 5.03 Å². The summed E-state index contributed by atoms with van der Waals surface area (Å²) in [4.78, 5) is 33.7. The molecule has 26 heavy (non-hydrogen) atoms. The molecule has 0 radical (unpaired) electrons. The summed E-state index contributed by atoms with van der Waals surface area (Å²) in [6.07, 6.45) is 2.25. The van der Waals surface area contributed by atoms with Crippen molar-refractivity contribution < 1.29 is 9.59 Å². The van der Waals surface area contributed by atoms with E-state index in [1.165, 1.54) is 11.8 Å². The quantitative estimate of drug-likeness (QED) is 0.737. The minimum Gasteiger partial charge on any atom is -0.339 e. The predicted octanol–water partition coefficient (Wildman–Crippen LogP) is 3.69. The van der Waals surface area contributed by atoms with Crippen LogP contribution in [0.2, 0.25) is 0 Å². The number of benzene rings is 1. The number of hydrogen-bond donors (Lipinski definition) is 0. The Morgan fingerprint density at radius 2 is 1.77 bits per heavy atom. The summed E-state index contributed by atoms with van der Waals surface area (Å²) in [6.45, 7) is 4.20. The van der Waals surface area contributed by atoms with E-state index < -0.39 is 0 Å². The van der Waals surface area contributed by atoms with Gasteiger partial charge in [0.25, 0.3) is 5.91 Å². The molecule has 1 fully saturated rings. The molecule has 2 aromatic rings. The van der Waals surface area contributed by atoms with Crippen LogP contribution < -0.4 is 0 Å². The van der Waals surface area contributed by atoms with Gasteiger partial charge in [-0.25, -0.2) is 4.98 Å². The van der Waals surface area contributed by atoms with E-state index >= 15 is 0 Å². The summed E-state index contributed by atoms with van der Waals surface area (Å²) < 4.78 is 0.922. The number of amides is 2. The van der Waals surface area contributed by atoms with Crippen LogP contribution in [-0.4, -0.2) is 52.8 Å². The molecule has 1 aliphatic rings. The van der Waals surface area contributed by atoms with Crippen molar-refractivity contribution in [2.45, 2.75) is 23.3 Å². The molecule has 2 heterocycles. The van der Waals surface area contributed by atoms with Gasteiger partial charge in [0.2, 0.25) is 5.91 Å². The standard InChI is InChI=1S/C19H20BrN3O2S/c1-2-18(24)22-9-11-23(12-10-22)19(25)15-5-3-4-6-16(15)26-17-8-7-14(20)13-21-17/h3-8,13H,2,9-12H2,1H3. The second kappa shape index (κ2) is 8.68. The SMILES string of the molecule is CCC(=O)N1CCN(C(=O)c2ccccc2Sc2ccc(Br)cn2)CC1. The van der Waals surface area contributed by atoms with Crippen LogP contribution in [0.15, 0.2) is 57.0 Å². The normalized spacial score (nSPS) is 14.4. The van der Waals surface area contributed by atoms with E-state index in [2.05, 4.69) is 20.9 Å².